The van der Waals surface area contributed by atoms with Crippen LogP contribution in [0, 0.1) is 0 Å². The van der Waals surface area contributed by atoms with E-state index in [1.165, 1.54) is 4.57 Å². The lowest BCUT2D eigenvalue weighted by Crippen LogP contribution is -2.24. The zero-order chi connectivity index (χ0) is 20.8. The lowest BCUT2D eigenvalue weighted by molar-refractivity contribution is -0.304. The first-order chi connectivity index (χ1) is 14.0. The largest absolute Gasteiger partial charge is 0.550 e. The Morgan fingerprint density at radius 2 is 2.21 bits per heavy atom. The number of anilines is 2. The van der Waals surface area contributed by atoms with Crippen LogP contribution in [0.25, 0.3) is 11.2 Å². The Balaban J connectivity index is 1.73. The van der Waals surface area contributed by atoms with Gasteiger partial charge in [-0.1, -0.05) is 25.5 Å². The second kappa shape index (κ2) is 9.09. The smallest absolute Gasteiger partial charge is 0.327 e. The van der Waals surface area contributed by atoms with E-state index in [1.807, 2.05) is 13.0 Å². The zero-order valence-electron chi connectivity index (χ0n) is 16.1. The van der Waals surface area contributed by atoms with Crippen molar-refractivity contribution < 1.29 is 14.6 Å². The minimum Gasteiger partial charge on any atom is -0.550 e. The number of carboxylic acid groups (broad SMARTS) is 1. The summed E-state index contributed by atoms with van der Waals surface area (Å²) in [7, 11) is 0. The van der Waals surface area contributed by atoms with Gasteiger partial charge in [-0.3, -0.25) is 4.57 Å². The van der Waals surface area contributed by atoms with E-state index in [0.29, 0.717) is 36.4 Å². The standard InChI is InChI=1S/C19H24N6O4/c1-2-3-9-29-18-23-16(20)15-17(24-18)25(19(28)22-15)8-7-21-13-6-4-5-12(10-13)11-14(26)27/h4-6,10,21H,2-3,7-9,11H2,1H3,(H,22,28)(H,26,27)(H2,20,23,24)/p-1. The molecule has 0 aliphatic heterocycles. The van der Waals surface area contributed by atoms with E-state index in [9.17, 15) is 14.7 Å². The number of imidazole rings is 1. The molecule has 4 N–H and O–H groups in total. The van der Waals surface area contributed by atoms with Gasteiger partial charge in [0.25, 0.3) is 0 Å². The van der Waals surface area contributed by atoms with E-state index in [2.05, 4.69) is 20.3 Å². The number of ether oxygens (including phenoxy) is 1. The Hall–Kier alpha value is -3.56. The van der Waals surface area contributed by atoms with Gasteiger partial charge in [-0.15, -0.1) is 0 Å². The van der Waals surface area contributed by atoms with Crippen LogP contribution in [0.1, 0.15) is 25.3 Å². The molecule has 0 fully saturated rings. The third-order valence-corrected chi connectivity index (χ3v) is 4.30. The molecule has 154 valence electrons. The van der Waals surface area contributed by atoms with Crippen molar-refractivity contribution in [2.75, 3.05) is 24.2 Å². The quantitative estimate of drug-likeness (QED) is 0.411. The zero-order valence-corrected chi connectivity index (χ0v) is 16.1. The van der Waals surface area contributed by atoms with Crippen molar-refractivity contribution in [3.8, 4) is 6.01 Å². The average molecular weight is 399 g/mol. The number of carbonyl (C=O) groups is 1. The average Bonchev–Trinajstić information content (AvgIpc) is 2.98. The van der Waals surface area contributed by atoms with Crippen LogP contribution in [0.2, 0.25) is 0 Å². The van der Waals surface area contributed by atoms with Gasteiger partial charge < -0.3 is 30.7 Å². The van der Waals surface area contributed by atoms with E-state index < -0.39 is 5.97 Å². The Labute approximate surface area is 166 Å². The van der Waals surface area contributed by atoms with Crippen molar-refractivity contribution in [2.45, 2.75) is 32.7 Å². The minimum atomic E-state index is -1.14. The Morgan fingerprint density at radius 1 is 1.38 bits per heavy atom. The lowest BCUT2D eigenvalue weighted by Gasteiger charge is -2.10. The fourth-order valence-electron chi connectivity index (χ4n) is 2.88. The van der Waals surface area contributed by atoms with Crippen LogP contribution in [-0.4, -0.2) is 38.6 Å². The number of H-pyrrole nitrogens is 1. The molecule has 10 nitrogen and oxygen atoms in total. The molecule has 0 saturated heterocycles. The molecule has 29 heavy (non-hydrogen) atoms. The number of nitrogens with one attached hydrogen (secondary N) is 2. The number of nitrogens with two attached hydrogens (primary N) is 1. The van der Waals surface area contributed by atoms with Gasteiger partial charge in [-0.05, 0) is 24.1 Å². The van der Waals surface area contributed by atoms with Gasteiger partial charge in [0.05, 0.1) is 6.61 Å². The summed E-state index contributed by atoms with van der Waals surface area (Å²) >= 11 is 0. The summed E-state index contributed by atoms with van der Waals surface area (Å²) in [4.78, 5) is 34.1. The summed E-state index contributed by atoms with van der Waals surface area (Å²) in [6, 6.07) is 7.15. The first kappa shape index (κ1) is 20.2. The molecule has 0 radical (unpaired) electrons. The maximum absolute atomic E-state index is 12.3. The van der Waals surface area contributed by atoms with Gasteiger partial charge in [-0.25, -0.2) is 4.79 Å². The molecule has 0 saturated carbocycles. The molecule has 0 unspecified atom stereocenters. The molecule has 0 aliphatic rings. The van der Waals surface area contributed by atoms with Gasteiger partial charge in [0, 0.05) is 31.2 Å². The van der Waals surface area contributed by atoms with E-state index in [0.717, 1.165) is 18.5 Å². The Kier molecular flexibility index (Phi) is 6.32. The molecule has 3 rings (SSSR count). The fourth-order valence-corrected chi connectivity index (χ4v) is 2.88. The summed E-state index contributed by atoms with van der Waals surface area (Å²) in [6.07, 6.45) is 1.68. The SMILES string of the molecule is CCCCOc1nc(N)c2[nH]c(=O)n(CCNc3cccc(CC(=O)[O-])c3)c2n1. The third-order valence-electron chi connectivity index (χ3n) is 4.30. The number of fused-ring (bicyclic) bond motifs is 1. The number of nitrogens with zero attached hydrogens (tertiary/aromatic N) is 3. The van der Waals surface area contributed by atoms with Crippen molar-refractivity contribution >= 4 is 28.6 Å². The predicted molar refractivity (Wildman–Crippen MR) is 107 cm³/mol. The highest BCUT2D eigenvalue weighted by Gasteiger charge is 2.14. The number of unbranched alkanes of at least 4 members (excludes halogenated alkanes) is 1. The van der Waals surface area contributed by atoms with E-state index in [-0.39, 0.29) is 23.9 Å². The maximum Gasteiger partial charge on any atom is 0.327 e. The molecule has 0 bridgehead atoms. The van der Waals surface area contributed by atoms with Crippen LogP contribution < -0.4 is 26.6 Å². The topological polar surface area (TPSA) is 151 Å². The number of carbonyl (C=O) groups excluding carboxylic acids is 1. The fraction of sp³-hybridized carbons (Fsp3) is 0.368. The molecular formula is C19H23N6O4-. The maximum atomic E-state index is 12.3. The van der Waals surface area contributed by atoms with Crippen LogP contribution in [0.4, 0.5) is 11.5 Å². The van der Waals surface area contributed by atoms with Crippen LogP contribution in [0.15, 0.2) is 29.1 Å². The molecule has 10 heteroatoms. The molecule has 2 aromatic heterocycles. The van der Waals surface area contributed by atoms with Gasteiger partial charge >= 0.3 is 11.7 Å². The van der Waals surface area contributed by atoms with Crippen molar-refractivity contribution in [2.24, 2.45) is 0 Å². The van der Waals surface area contributed by atoms with Crippen molar-refractivity contribution in [3.05, 3.63) is 40.3 Å². The molecular weight excluding hydrogens is 376 g/mol. The number of carboxylic acids is 1. The number of rotatable bonds is 10. The number of hydrogen-bond donors (Lipinski definition) is 3. The summed E-state index contributed by atoms with van der Waals surface area (Å²) < 4.78 is 6.97. The Bertz CT molecular complexity index is 1060. The molecule has 1 aromatic carbocycles. The summed E-state index contributed by atoms with van der Waals surface area (Å²) in [5.74, 6) is -0.984. The highest BCUT2D eigenvalue weighted by Crippen LogP contribution is 2.18. The van der Waals surface area contributed by atoms with Crippen molar-refractivity contribution in [3.63, 3.8) is 0 Å². The van der Waals surface area contributed by atoms with Gasteiger partial charge in [0.15, 0.2) is 11.5 Å². The molecule has 3 aromatic rings. The predicted octanol–water partition coefficient (Wildman–Crippen LogP) is 0.285. The summed E-state index contributed by atoms with van der Waals surface area (Å²) in [5, 5.41) is 13.9. The molecule has 0 spiro atoms. The number of hydrogen-bond acceptors (Lipinski definition) is 8. The number of aromatic nitrogens is 4. The van der Waals surface area contributed by atoms with Gasteiger partial charge in [0.2, 0.25) is 0 Å². The first-order valence-electron chi connectivity index (χ1n) is 9.39. The second-order valence-corrected chi connectivity index (χ2v) is 6.55. The van der Waals surface area contributed by atoms with Crippen molar-refractivity contribution in [1.29, 1.82) is 0 Å². The van der Waals surface area contributed by atoms with E-state index in [4.69, 9.17) is 10.5 Å². The number of aliphatic carboxylic acids is 1. The van der Waals surface area contributed by atoms with Crippen LogP contribution >= 0.6 is 0 Å². The second-order valence-electron chi connectivity index (χ2n) is 6.55. The van der Waals surface area contributed by atoms with E-state index in [1.54, 1.807) is 18.2 Å². The van der Waals surface area contributed by atoms with Crippen molar-refractivity contribution in [1.82, 2.24) is 19.5 Å². The van der Waals surface area contributed by atoms with Gasteiger partial charge in [-0.2, -0.15) is 9.97 Å². The lowest BCUT2D eigenvalue weighted by atomic mass is 10.1. The summed E-state index contributed by atoms with van der Waals surface area (Å²) in [6.45, 7) is 3.25. The monoisotopic (exact) mass is 399 g/mol. The molecule has 2 heterocycles. The van der Waals surface area contributed by atoms with Gasteiger partial charge in [0.1, 0.15) is 5.52 Å². The Morgan fingerprint density at radius 3 is 2.97 bits per heavy atom. The summed E-state index contributed by atoms with van der Waals surface area (Å²) in [5.41, 5.74) is 7.71. The first-order valence-corrected chi connectivity index (χ1v) is 9.39. The number of benzene rings is 1. The van der Waals surface area contributed by atoms with E-state index >= 15 is 0 Å². The highest BCUT2D eigenvalue weighted by molar-refractivity contribution is 5.81. The molecule has 0 amide bonds. The van der Waals surface area contributed by atoms with Crippen LogP contribution in [0.5, 0.6) is 6.01 Å². The number of aromatic amines is 1. The minimum absolute atomic E-state index is 0.138. The molecule has 0 aliphatic carbocycles. The van der Waals surface area contributed by atoms with Crippen LogP contribution in [0.3, 0.4) is 0 Å². The van der Waals surface area contributed by atoms with Crippen LogP contribution in [-0.2, 0) is 17.8 Å². The highest BCUT2D eigenvalue weighted by atomic mass is 16.5. The molecule has 0 atom stereocenters. The third kappa shape index (κ3) is 5.03. The normalized spacial score (nSPS) is 10.9. The number of nitrogen functional groups attached to an aromatic ring is 1.